The van der Waals surface area contributed by atoms with E-state index in [1.54, 1.807) is 0 Å². The Bertz CT molecular complexity index is 184. The Balaban J connectivity index is -0.000000107. The second kappa shape index (κ2) is 11.6. The van der Waals surface area contributed by atoms with Crippen LogP contribution < -0.4 is 10.2 Å². The maximum Gasteiger partial charge on any atom is 2.00 e. The number of carboxylic acids is 2. The summed E-state index contributed by atoms with van der Waals surface area (Å²) >= 11 is 0. The summed E-state index contributed by atoms with van der Waals surface area (Å²) in [6.07, 6.45) is 8.52. The normalized spacial score (nSPS) is 4.91. The third-order valence-corrected chi connectivity index (χ3v) is 0.236. The average molecular weight is 162 g/mol. The zero-order valence-electron chi connectivity index (χ0n) is 5.49. The third-order valence-electron chi connectivity index (χ3n) is 0.236. The predicted octanol–water partition coefficient (Wildman–Crippen LogP) is -3.64. The van der Waals surface area contributed by atoms with Gasteiger partial charge in [0.25, 0.3) is 0 Å². The number of aliphatic carboxylic acids is 2. The molecule has 0 aliphatic heterocycles. The van der Waals surface area contributed by atoms with Crippen molar-refractivity contribution in [2.24, 2.45) is 0 Å². The molecule has 0 saturated carbocycles. The van der Waals surface area contributed by atoms with Gasteiger partial charge in [-0.2, -0.15) is 0 Å². The van der Waals surface area contributed by atoms with E-state index in [1.165, 1.54) is 11.8 Å². The van der Waals surface area contributed by atoms with Gasteiger partial charge in [0.05, 0.1) is 0 Å². The molecule has 0 rings (SSSR count). The minimum Gasteiger partial charge on any atom is -0.537 e. The molecule has 0 bridgehead atoms. The van der Waals surface area contributed by atoms with E-state index >= 15 is 0 Å². The summed E-state index contributed by atoms with van der Waals surface area (Å²) in [6.45, 7) is 0. The summed E-state index contributed by atoms with van der Waals surface area (Å²) in [4.78, 5) is 18.0. The molecule has 0 saturated heterocycles. The molecular formula is C6H2MgO4. The molecule has 0 atom stereocenters. The molecule has 0 spiro atoms. The van der Waals surface area contributed by atoms with Gasteiger partial charge < -0.3 is 19.8 Å². The number of hydrogen-bond donors (Lipinski definition) is 0. The number of hydrogen-bond acceptors (Lipinski definition) is 4. The first kappa shape index (κ1) is 16.4. The van der Waals surface area contributed by atoms with Gasteiger partial charge >= 0.3 is 23.1 Å². The van der Waals surface area contributed by atoms with Gasteiger partial charge in [-0.1, -0.05) is 11.8 Å². The number of carboxylic acid groups (broad SMARTS) is 2. The molecule has 0 amide bonds. The van der Waals surface area contributed by atoms with Gasteiger partial charge in [-0.3, -0.25) is 0 Å². The molecule has 0 aliphatic carbocycles. The molecule has 0 unspecified atom stereocenters. The van der Waals surface area contributed by atoms with Crippen LogP contribution in [0.15, 0.2) is 0 Å². The molecule has 0 aromatic heterocycles. The van der Waals surface area contributed by atoms with Gasteiger partial charge in [-0.25, -0.2) is 0 Å². The molecule has 0 fully saturated rings. The topological polar surface area (TPSA) is 80.3 Å². The van der Waals surface area contributed by atoms with E-state index in [9.17, 15) is 0 Å². The minimum atomic E-state index is -1.47. The minimum absolute atomic E-state index is 0. The standard InChI is InChI=1S/2C3H2O2.Mg/c2*1-2-3(4)5;/h2*1H,(H,4,5);/q;;+2/p-2. The average Bonchev–Trinajstić information content (AvgIpc) is 1.89. The Morgan fingerprint density at radius 3 is 1.09 bits per heavy atom. The molecule has 0 heterocycles. The fraction of sp³-hybridized carbons (Fsp3) is 0. The van der Waals surface area contributed by atoms with Crippen LogP contribution in [-0.4, -0.2) is 35.0 Å². The van der Waals surface area contributed by atoms with E-state index in [2.05, 4.69) is 12.8 Å². The monoisotopic (exact) mass is 162 g/mol. The summed E-state index contributed by atoms with van der Waals surface area (Å²) in [5.74, 6) is -0.269. The molecule has 0 aromatic rings. The summed E-state index contributed by atoms with van der Waals surface area (Å²) in [6, 6.07) is 0. The van der Waals surface area contributed by atoms with Crippen LogP contribution in [-0.2, 0) is 9.59 Å². The summed E-state index contributed by atoms with van der Waals surface area (Å²) in [7, 11) is 0. The van der Waals surface area contributed by atoms with Gasteiger partial charge in [0, 0.05) is 0 Å². The maximum atomic E-state index is 9.02. The fourth-order valence-corrected chi connectivity index (χ4v) is 0. The Morgan fingerprint density at radius 1 is 1.00 bits per heavy atom. The van der Waals surface area contributed by atoms with Crippen LogP contribution in [0.5, 0.6) is 0 Å². The second-order valence-corrected chi connectivity index (χ2v) is 0.864. The zero-order valence-corrected chi connectivity index (χ0v) is 6.91. The van der Waals surface area contributed by atoms with Crippen LogP contribution in [0, 0.1) is 24.7 Å². The number of carbonyl (C=O) groups excluding carboxylic acids is 2. The molecule has 11 heavy (non-hydrogen) atoms. The second-order valence-electron chi connectivity index (χ2n) is 0.864. The first-order chi connectivity index (χ1) is 4.54. The van der Waals surface area contributed by atoms with Crippen molar-refractivity contribution in [1.82, 2.24) is 0 Å². The molecule has 4 nitrogen and oxygen atoms in total. The molecule has 0 aromatic carbocycles. The molecule has 5 heteroatoms. The third kappa shape index (κ3) is 51.5. The van der Waals surface area contributed by atoms with E-state index in [0.717, 1.165) is 0 Å². The maximum absolute atomic E-state index is 9.02. The first-order valence-corrected chi connectivity index (χ1v) is 1.89. The van der Waals surface area contributed by atoms with Crippen LogP contribution >= 0.6 is 0 Å². The van der Waals surface area contributed by atoms with Crippen molar-refractivity contribution in [3.05, 3.63) is 0 Å². The SMILES string of the molecule is C#CC(=O)[O-].C#CC(=O)[O-].[Mg+2]. The van der Waals surface area contributed by atoms with Gasteiger partial charge in [-0.15, -0.1) is 12.8 Å². The summed E-state index contributed by atoms with van der Waals surface area (Å²) < 4.78 is 0. The number of carbonyl (C=O) groups is 2. The van der Waals surface area contributed by atoms with Crippen LogP contribution in [0.25, 0.3) is 0 Å². The Labute approximate surface area is 79.7 Å². The van der Waals surface area contributed by atoms with Crippen molar-refractivity contribution in [3.8, 4) is 24.7 Å². The van der Waals surface area contributed by atoms with Crippen LogP contribution in [0.4, 0.5) is 0 Å². The van der Waals surface area contributed by atoms with Crippen LogP contribution in [0.1, 0.15) is 0 Å². The molecule has 0 N–H and O–H groups in total. The van der Waals surface area contributed by atoms with Crippen LogP contribution in [0.2, 0.25) is 0 Å². The molecular weight excluding hydrogens is 160 g/mol. The van der Waals surface area contributed by atoms with Gasteiger partial charge in [0.2, 0.25) is 0 Å². The fourth-order valence-electron chi connectivity index (χ4n) is 0. The van der Waals surface area contributed by atoms with Gasteiger partial charge in [0.1, 0.15) is 11.9 Å². The smallest absolute Gasteiger partial charge is 0.537 e. The van der Waals surface area contributed by atoms with Crippen molar-refractivity contribution in [2.75, 3.05) is 0 Å². The van der Waals surface area contributed by atoms with Crippen LogP contribution in [0.3, 0.4) is 0 Å². The van der Waals surface area contributed by atoms with Crippen molar-refractivity contribution in [1.29, 1.82) is 0 Å². The number of terminal acetylenes is 2. The van der Waals surface area contributed by atoms with E-state index in [4.69, 9.17) is 19.8 Å². The van der Waals surface area contributed by atoms with Crippen molar-refractivity contribution in [3.63, 3.8) is 0 Å². The largest absolute Gasteiger partial charge is 2.00 e. The van der Waals surface area contributed by atoms with Gasteiger partial charge in [0.15, 0.2) is 0 Å². The van der Waals surface area contributed by atoms with E-state index in [0.29, 0.717) is 0 Å². The molecule has 0 aliphatic rings. The first-order valence-electron chi connectivity index (χ1n) is 1.89. The molecule has 52 valence electrons. The Kier molecular flexibility index (Phi) is 17.3. The summed E-state index contributed by atoms with van der Waals surface area (Å²) in [5, 5.41) is 18.0. The van der Waals surface area contributed by atoms with E-state index in [-0.39, 0.29) is 23.1 Å². The number of rotatable bonds is 0. The Morgan fingerprint density at radius 2 is 1.09 bits per heavy atom. The Hall–Kier alpha value is -1.17. The summed E-state index contributed by atoms with van der Waals surface area (Å²) in [5.41, 5.74) is 0. The predicted molar refractivity (Wildman–Crippen MR) is 33.4 cm³/mol. The molecule has 0 radical (unpaired) electrons. The zero-order chi connectivity index (χ0) is 8.57. The van der Waals surface area contributed by atoms with Crippen molar-refractivity contribution in [2.45, 2.75) is 0 Å². The van der Waals surface area contributed by atoms with E-state index < -0.39 is 11.9 Å². The van der Waals surface area contributed by atoms with Gasteiger partial charge in [-0.05, 0) is 0 Å². The van der Waals surface area contributed by atoms with E-state index in [1.807, 2.05) is 0 Å². The van der Waals surface area contributed by atoms with Crippen molar-refractivity contribution < 1.29 is 19.8 Å². The quantitative estimate of drug-likeness (QED) is 0.272. The van der Waals surface area contributed by atoms with Crippen molar-refractivity contribution >= 4 is 35.0 Å².